The monoisotopic (exact) mass is 477 g/mol. The predicted molar refractivity (Wildman–Crippen MR) is 114 cm³/mol. The maximum absolute atomic E-state index is 13.0. The standard InChI is InChI=1S/C19H26F3N5O2S2/c20-19(21,22)14-6-4-7-15(12-14)24-13-17-25-26-18(30-10-5-11-31(23,28)29)27(17)16-8-2-1-3-9-16/h4,6-7,12,16,24H,1-3,5,8-11,13H2,(H2,23,28,29). The molecule has 1 aliphatic rings. The zero-order valence-corrected chi connectivity index (χ0v) is 18.6. The number of anilines is 1. The van der Waals surface area contributed by atoms with Gasteiger partial charge < -0.3 is 9.88 Å². The molecule has 1 aromatic heterocycles. The van der Waals surface area contributed by atoms with Gasteiger partial charge in [0.25, 0.3) is 0 Å². The summed E-state index contributed by atoms with van der Waals surface area (Å²) in [5, 5.41) is 17.3. The van der Waals surface area contributed by atoms with Crippen molar-refractivity contribution in [3.8, 4) is 0 Å². The summed E-state index contributed by atoms with van der Waals surface area (Å²) in [5.41, 5.74) is -0.354. The summed E-state index contributed by atoms with van der Waals surface area (Å²) >= 11 is 1.42. The maximum atomic E-state index is 13.0. The molecular weight excluding hydrogens is 451 g/mol. The van der Waals surface area contributed by atoms with Gasteiger partial charge in [0.15, 0.2) is 11.0 Å². The third kappa shape index (κ3) is 7.11. The second-order valence-corrected chi connectivity index (χ2v) is 10.4. The van der Waals surface area contributed by atoms with Gasteiger partial charge in [-0.3, -0.25) is 0 Å². The number of halogens is 3. The second-order valence-electron chi connectivity index (χ2n) is 7.56. The number of hydrogen-bond donors (Lipinski definition) is 2. The second kappa shape index (κ2) is 10.2. The van der Waals surface area contributed by atoms with Gasteiger partial charge in [0.2, 0.25) is 10.0 Å². The van der Waals surface area contributed by atoms with Gasteiger partial charge in [0.05, 0.1) is 17.9 Å². The third-order valence-corrected chi connectivity index (χ3v) is 7.01. The van der Waals surface area contributed by atoms with Crippen LogP contribution in [0.15, 0.2) is 29.4 Å². The van der Waals surface area contributed by atoms with Crippen LogP contribution in [0, 0.1) is 0 Å². The Balaban J connectivity index is 1.72. The highest BCUT2D eigenvalue weighted by Crippen LogP contribution is 2.34. The van der Waals surface area contributed by atoms with Gasteiger partial charge >= 0.3 is 6.18 Å². The number of alkyl halides is 3. The lowest BCUT2D eigenvalue weighted by Gasteiger charge is -2.25. The summed E-state index contributed by atoms with van der Waals surface area (Å²) in [4.78, 5) is 0. The van der Waals surface area contributed by atoms with Crippen LogP contribution in [0.25, 0.3) is 0 Å². The molecule has 0 aliphatic heterocycles. The molecule has 3 N–H and O–H groups in total. The molecule has 172 valence electrons. The van der Waals surface area contributed by atoms with E-state index in [9.17, 15) is 21.6 Å². The molecule has 12 heteroatoms. The number of benzene rings is 1. The van der Waals surface area contributed by atoms with Crippen LogP contribution in [0.5, 0.6) is 0 Å². The van der Waals surface area contributed by atoms with E-state index < -0.39 is 21.8 Å². The topological polar surface area (TPSA) is 103 Å². The summed E-state index contributed by atoms with van der Waals surface area (Å²) in [6.45, 7) is 0.239. The first-order valence-electron chi connectivity index (χ1n) is 10.1. The Hall–Kier alpha value is -1.79. The van der Waals surface area contributed by atoms with E-state index >= 15 is 0 Å². The number of nitrogens with one attached hydrogen (secondary N) is 1. The molecule has 0 amide bonds. The Kier molecular flexibility index (Phi) is 7.87. The highest BCUT2D eigenvalue weighted by molar-refractivity contribution is 7.99. The molecule has 0 spiro atoms. The van der Waals surface area contributed by atoms with Crippen molar-refractivity contribution in [3.05, 3.63) is 35.7 Å². The number of aromatic nitrogens is 3. The van der Waals surface area contributed by atoms with Crippen molar-refractivity contribution in [1.29, 1.82) is 0 Å². The van der Waals surface area contributed by atoms with Crippen molar-refractivity contribution < 1.29 is 21.6 Å². The van der Waals surface area contributed by atoms with E-state index in [0.29, 0.717) is 28.8 Å². The minimum Gasteiger partial charge on any atom is -0.378 e. The largest absolute Gasteiger partial charge is 0.416 e. The van der Waals surface area contributed by atoms with Crippen molar-refractivity contribution in [1.82, 2.24) is 14.8 Å². The normalized spacial score (nSPS) is 15.9. The quantitative estimate of drug-likeness (QED) is 0.415. The van der Waals surface area contributed by atoms with E-state index in [1.807, 2.05) is 0 Å². The fourth-order valence-electron chi connectivity index (χ4n) is 3.64. The number of hydrogen-bond acceptors (Lipinski definition) is 6. The van der Waals surface area contributed by atoms with Gasteiger partial charge in [-0.25, -0.2) is 13.6 Å². The zero-order chi connectivity index (χ0) is 22.5. The van der Waals surface area contributed by atoms with E-state index in [-0.39, 0.29) is 18.3 Å². The zero-order valence-electron chi connectivity index (χ0n) is 16.9. The summed E-state index contributed by atoms with van der Waals surface area (Å²) in [7, 11) is -3.50. The van der Waals surface area contributed by atoms with Crippen molar-refractivity contribution in [2.75, 3.05) is 16.8 Å². The van der Waals surface area contributed by atoms with Gasteiger partial charge in [-0.05, 0) is 37.5 Å². The minimum atomic E-state index is -4.40. The Labute approximate surface area is 184 Å². The molecule has 0 radical (unpaired) electrons. The molecule has 1 saturated carbocycles. The van der Waals surface area contributed by atoms with Crippen molar-refractivity contribution in [3.63, 3.8) is 0 Å². The Morgan fingerprint density at radius 1 is 1.19 bits per heavy atom. The first-order valence-corrected chi connectivity index (χ1v) is 12.8. The number of nitrogens with zero attached hydrogens (tertiary/aromatic N) is 3. The summed E-state index contributed by atoms with van der Waals surface area (Å²) in [6.07, 6.45) is 1.34. The lowest BCUT2D eigenvalue weighted by atomic mass is 9.95. The summed E-state index contributed by atoms with van der Waals surface area (Å²) in [5.74, 6) is 1.09. The van der Waals surface area contributed by atoms with E-state index in [2.05, 4.69) is 20.1 Å². The Bertz CT molecular complexity index is 973. The van der Waals surface area contributed by atoms with Gasteiger partial charge in [0.1, 0.15) is 0 Å². The smallest absolute Gasteiger partial charge is 0.378 e. The molecule has 1 heterocycles. The number of primary sulfonamides is 1. The van der Waals surface area contributed by atoms with Crippen LogP contribution in [0.4, 0.5) is 18.9 Å². The van der Waals surface area contributed by atoms with Crippen LogP contribution >= 0.6 is 11.8 Å². The summed E-state index contributed by atoms with van der Waals surface area (Å²) in [6, 6.07) is 5.28. The van der Waals surface area contributed by atoms with Crippen molar-refractivity contribution >= 4 is 27.5 Å². The van der Waals surface area contributed by atoms with E-state index in [1.165, 1.54) is 24.2 Å². The molecule has 0 unspecified atom stereocenters. The number of sulfonamides is 1. The van der Waals surface area contributed by atoms with Crippen LogP contribution in [0.1, 0.15) is 56.0 Å². The Morgan fingerprint density at radius 3 is 2.61 bits per heavy atom. The number of thioether (sulfide) groups is 1. The first kappa shape index (κ1) is 23.9. The van der Waals surface area contributed by atoms with Gasteiger partial charge in [0, 0.05) is 17.5 Å². The predicted octanol–water partition coefficient (Wildman–Crippen LogP) is 4.18. The number of nitrogens with two attached hydrogens (primary N) is 1. The van der Waals surface area contributed by atoms with Crippen molar-refractivity contribution in [2.24, 2.45) is 5.14 Å². The number of rotatable bonds is 9. The molecule has 2 aromatic rings. The van der Waals surface area contributed by atoms with E-state index in [4.69, 9.17) is 5.14 Å². The SMILES string of the molecule is NS(=O)(=O)CCCSc1nnc(CNc2cccc(C(F)(F)F)c2)n1C1CCCCC1. The summed E-state index contributed by atoms with van der Waals surface area (Å²) < 4.78 is 63.2. The fourth-order valence-corrected chi connectivity index (χ4v) is 5.34. The maximum Gasteiger partial charge on any atom is 0.416 e. The van der Waals surface area contributed by atoms with Crippen LogP contribution in [-0.4, -0.2) is 34.7 Å². The molecule has 3 rings (SSSR count). The lowest BCUT2D eigenvalue weighted by Crippen LogP contribution is -2.19. The average Bonchev–Trinajstić information content (AvgIpc) is 3.12. The molecule has 31 heavy (non-hydrogen) atoms. The molecule has 1 fully saturated rings. The average molecular weight is 478 g/mol. The highest BCUT2D eigenvalue weighted by Gasteiger charge is 2.30. The van der Waals surface area contributed by atoms with Crippen LogP contribution in [0.3, 0.4) is 0 Å². The van der Waals surface area contributed by atoms with Gasteiger partial charge in [-0.15, -0.1) is 10.2 Å². The third-order valence-electron chi connectivity index (χ3n) is 5.12. The molecule has 0 saturated heterocycles. The lowest BCUT2D eigenvalue weighted by molar-refractivity contribution is -0.137. The fraction of sp³-hybridized carbons (Fsp3) is 0.579. The molecular formula is C19H26F3N5O2S2. The molecule has 7 nitrogen and oxygen atoms in total. The molecule has 0 bridgehead atoms. The minimum absolute atomic E-state index is 0.0957. The Morgan fingerprint density at radius 2 is 1.94 bits per heavy atom. The molecule has 1 aliphatic carbocycles. The van der Waals surface area contributed by atoms with Crippen molar-refractivity contribution in [2.45, 2.75) is 62.4 Å². The molecule has 1 aromatic carbocycles. The highest BCUT2D eigenvalue weighted by atomic mass is 32.2. The van der Waals surface area contributed by atoms with Crippen LogP contribution in [0.2, 0.25) is 0 Å². The first-order chi connectivity index (χ1) is 14.6. The van der Waals surface area contributed by atoms with Crippen LogP contribution < -0.4 is 10.5 Å². The van der Waals surface area contributed by atoms with Crippen LogP contribution in [-0.2, 0) is 22.7 Å². The molecule has 0 atom stereocenters. The van der Waals surface area contributed by atoms with Gasteiger partial charge in [-0.1, -0.05) is 37.1 Å². The van der Waals surface area contributed by atoms with E-state index in [0.717, 1.165) is 37.8 Å². The van der Waals surface area contributed by atoms with E-state index in [1.54, 1.807) is 6.07 Å². The van der Waals surface area contributed by atoms with Gasteiger partial charge in [-0.2, -0.15) is 13.2 Å².